The molecule has 3 unspecified atom stereocenters. The van der Waals surface area contributed by atoms with Crippen molar-refractivity contribution in [3.8, 4) is 0 Å². The second kappa shape index (κ2) is 6.37. The molecular formula is C16H25N3O. The first-order chi connectivity index (χ1) is 9.49. The first-order valence-corrected chi connectivity index (χ1v) is 7.29. The maximum atomic E-state index is 12.4. The van der Waals surface area contributed by atoms with E-state index in [0.29, 0.717) is 18.5 Å². The highest BCUT2D eigenvalue weighted by molar-refractivity contribution is 5.77. The Labute approximate surface area is 121 Å². The fraction of sp³-hybridized carbons (Fsp3) is 0.562. The van der Waals surface area contributed by atoms with Crippen LogP contribution in [0.2, 0.25) is 0 Å². The quantitative estimate of drug-likeness (QED) is 0.912. The highest BCUT2D eigenvalue weighted by Crippen LogP contribution is 2.18. The Morgan fingerprint density at radius 2 is 1.80 bits per heavy atom. The van der Waals surface area contributed by atoms with E-state index in [9.17, 15) is 4.79 Å². The van der Waals surface area contributed by atoms with Gasteiger partial charge in [0.25, 0.3) is 0 Å². The van der Waals surface area contributed by atoms with Gasteiger partial charge in [-0.25, -0.2) is 0 Å². The smallest absolute Gasteiger partial charge is 0.224 e. The average Bonchev–Trinajstić information content (AvgIpc) is 2.45. The van der Waals surface area contributed by atoms with Crippen molar-refractivity contribution in [3.05, 3.63) is 35.9 Å². The standard InChI is InChI=1S/C16H25N3O/c1-12-10-19(11-13(2)18(12)3)16(20)9-15(17)14-7-5-4-6-8-14/h4-8,12-13,15H,9-11,17H2,1-3H3. The van der Waals surface area contributed by atoms with E-state index >= 15 is 0 Å². The molecular weight excluding hydrogens is 250 g/mol. The summed E-state index contributed by atoms with van der Waals surface area (Å²) in [5.41, 5.74) is 7.17. The maximum Gasteiger partial charge on any atom is 0.224 e. The molecule has 0 aromatic heterocycles. The summed E-state index contributed by atoms with van der Waals surface area (Å²) >= 11 is 0. The molecule has 3 atom stereocenters. The van der Waals surface area contributed by atoms with Gasteiger partial charge in [0.05, 0.1) is 0 Å². The third kappa shape index (κ3) is 3.38. The molecule has 110 valence electrons. The Balaban J connectivity index is 1.95. The van der Waals surface area contributed by atoms with Crippen molar-refractivity contribution in [1.82, 2.24) is 9.80 Å². The summed E-state index contributed by atoms with van der Waals surface area (Å²) in [7, 11) is 2.12. The van der Waals surface area contributed by atoms with Crippen LogP contribution in [0.5, 0.6) is 0 Å². The molecule has 0 bridgehead atoms. The summed E-state index contributed by atoms with van der Waals surface area (Å²) in [6.07, 6.45) is 0.382. The van der Waals surface area contributed by atoms with Crippen LogP contribution in [0.1, 0.15) is 31.9 Å². The number of likely N-dealkylation sites (N-methyl/N-ethyl adjacent to an activating group) is 1. The molecule has 20 heavy (non-hydrogen) atoms. The summed E-state index contributed by atoms with van der Waals surface area (Å²) in [5, 5.41) is 0. The zero-order valence-corrected chi connectivity index (χ0v) is 12.6. The predicted octanol–water partition coefficient (Wildman–Crippen LogP) is 1.63. The minimum atomic E-state index is -0.214. The van der Waals surface area contributed by atoms with Crippen molar-refractivity contribution in [3.63, 3.8) is 0 Å². The molecule has 1 aliphatic heterocycles. The Kier molecular flexibility index (Phi) is 4.78. The molecule has 4 heteroatoms. The lowest BCUT2D eigenvalue weighted by Crippen LogP contribution is -2.56. The molecule has 2 rings (SSSR count). The molecule has 1 aromatic rings. The van der Waals surface area contributed by atoms with E-state index in [0.717, 1.165) is 18.7 Å². The van der Waals surface area contributed by atoms with Crippen LogP contribution in [0.15, 0.2) is 30.3 Å². The van der Waals surface area contributed by atoms with Crippen molar-refractivity contribution in [2.45, 2.75) is 38.4 Å². The number of amides is 1. The molecule has 0 spiro atoms. The second-order valence-corrected chi connectivity index (χ2v) is 5.88. The zero-order chi connectivity index (χ0) is 14.7. The van der Waals surface area contributed by atoms with Crippen molar-refractivity contribution in [2.24, 2.45) is 5.73 Å². The third-order valence-corrected chi connectivity index (χ3v) is 4.33. The lowest BCUT2D eigenvalue weighted by atomic mass is 10.0. The van der Waals surface area contributed by atoms with Crippen LogP contribution in [0.3, 0.4) is 0 Å². The van der Waals surface area contributed by atoms with Crippen LogP contribution in [0.25, 0.3) is 0 Å². The zero-order valence-electron chi connectivity index (χ0n) is 12.6. The largest absolute Gasteiger partial charge is 0.340 e. The van der Waals surface area contributed by atoms with E-state index in [-0.39, 0.29) is 11.9 Å². The number of hydrogen-bond acceptors (Lipinski definition) is 3. The van der Waals surface area contributed by atoms with E-state index < -0.39 is 0 Å². The molecule has 1 heterocycles. The number of nitrogens with two attached hydrogens (primary N) is 1. The van der Waals surface area contributed by atoms with Crippen molar-refractivity contribution in [1.29, 1.82) is 0 Å². The number of carbonyl (C=O) groups is 1. The van der Waals surface area contributed by atoms with E-state index in [1.165, 1.54) is 0 Å². The fourth-order valence-corrected chi connectivity index (χ4v) is 2.74. The third-order valence-electron chi connectivity index (χ3n) is 4.33. The lowest BCUT2D eigenvalue weighted by Gasteiger charge is -2.42. The molecule has 0 radical (unpaired) electrons. The summed E-state index contributed by atoms with van der Waals surface area (Å²) in [6.45, 7) is 5.91. The van der Waals surface area contributed by atoms with Crippen molar-refractivity contribution < 1.29 is 4.79 Å². The SMILES string of the molecule is CC1CN(C(=O)CC(N)c2ccccc2)CC(C)N1C. The molecule has 1 amide bonds. The van der Waals surface area contributed by atoms with Gasteiger partial charge in [0.2, 0.25) is 5.91 Å². The molecule has 1 fully saturated rings. The topological polar surface area (TPSA) is 49.6 Å². The van der Waals surface area contributed by atoms with Crippen LogP contribution >= 0.6 is 0 Å². The number of piperazine rings is 1. The van der Waals surface area contributed by atoms with Crippen molar-refractivity contribution in [2.75, 3.05) is 20.1 Å². The summed E-state index contributed by atoms with van der Waals surface area (Å²) in [5.74, 6) is 0.160. The minimum absolute atomic E-state index is 0.160. The Bertz CT molecular complexity index is 436. The van der Waals surface area contributed by atoms with E-state index in [2.05, 4.69) is 25.8 Å². The van der Waals surface area contributed by atoms with Crippen LogP contribution in [0.4, 0.5) is 0 Å². The number of nitrogens with zero attached hydrogens (tertiary/aromatic N) is 2. The van der Waals surface area contributed by atoms with Gasteiger partial charge in [0.1, 0.15) is 0 Å². The van der Waals surface area contributed by atoms with Gasteiger partial charge in [-0.15, -0.1) is 0 Å². The van der Waals surface area contributed by atoms with Crippen LogP contribution in [-0.2, 0) is 4.79 Å². The number of carbonyl (C=O) groups excluding carboxylic acids is 1. The minimum Gasteiger partial charge on any atom is -0.340 e. The number of benzene rings is 1. The summed E-state index contributed by atoms with van der Waals surface area (Å²) in [4.78, 5) is 16.7. The summed E-state index contributed by atoms with van der Waals surface area (Å²) in [6, 6.07) is 10.4. The summed E-state index contributed by atoms with van der Waals surface area (Å²) < 4.78 is 0. The monoisotopic (exact) mass is 275 g/mol. The van der Waals surface area contributed by atoms with Gasteiger partial charge in [0.15, 0.2) is 0 Å². The molecule has 0 saturated carbocycles. The molecule has 1 aliphatic rings. The molecule has 2 N–H and O–H groups in total. The van der Waals surface area contributed by atoms with Crippen LogP contribution in [0, 0.1) is 0 Å². The first-order valence-electron chi connectivity index (χ1n) is 7.29. The lowest BCUT2D eigenvalue weighted by molar-refractivity contribution is -0.135. The molecule has 0 aliphatic carbocycles. The average molecular weight is 275 g/mol. The van der Waals surface area contributed by atoms with Gasteiger partial charge in [0, 0.05) is 37.6 Å². The Morgan fingerprint density at radius 3 is 2.35 bits per heavy atom. The predicted molar refractivity (Wildman–Crippen MR) is 81.3 cm³/mol. The van der Waals surface area contributed by atoms with Crippen LogP contribution < -0.4 is 5.73 Å². The van der Waals surface area contributed by atoms with Gasteiger partial charge in [-0.1, -0.05) is 30.3 Å². The highest BCUT2D eigenvalue weighted by atomic mass is 16.2. The maximum absolute atomic E-state index is 12.4. The van der Waals surface area contributed by atoms with Gasteiger partial charge in [-0.3, -0.25) is 9.69 Å². The van der Waals surface area contributed by atoms with E-state index in [1.807, 2.05) is 35.2 Å². The molecule has 4 nitrogen and oxygen atoms in total. The van der Waals surface area contributed by atoms with Gasteiger partial charge >= 0.3 is 0 Å². The van der Waals surface area contributed by atoms with Crippen molar-refractivity contribution >= 4 is 5.91 Å². The first kappa shape index (κ1) is 15.0. The Morgan fingerprint density at radius 1 is 1.25 bits per heavy atom. The molecule has 1 aromatic carbocycles. The fourth-order valence-electron chi connectivity index (χ4n) is 2.74. The van der Waals surface area contributed by atoms with Gasteiger partial charge in [-0.05, 0) is 26.5 Å². The van der Waals surface area contributed by atoms with Crippen LogP contribution in [-0.4, -0.2) is 47.9 Å². The number of hydrogen-bond donors (Lipinski definition) is 1. The number of rotatable bonds is 3. The van der Waals surface area contributed by atoms with E-state index in [4.69, 9.17) is 5.73 Å². The van der Waals surface area contributed by atoms with Gasteiger partial charge in [-0.2, -0.15) is 0 Å². The normalized spacial score (nSPS) is 25.5. The molecule has 1 saturated heterocycles. The Hall–Kier alpha value is -1.39. The van der Waals surface area contributed by atoms with Gasteiger partial charge < -0.3 is 10.6 Å². The second-order valence-electron chi connectivity index (χ2n) is 5.88. The highest BCUT2D eigenvalue weighted by Gasteiger charge is 2.29. The van der Waals surface area contributed by atoms with E-state index in [1.54, 1.807) is 0 Å².